The Morgan fingerprint density at radius 3 is 2.68 bits per heavy atom. The summed E-state index contributed by atoms with van der Waals surface area (Å²) in [7, 11) is 0. The average molecular weight is 359 g/mol. The highest BCUT2D eigenvalue weighted by Crippen LogP contribution is 2.45. The molecule has 1 N–H and O–H groups in total. The number of benzene rings is 1. The van der Waals surface area contributed by atoms with Gasteiger partial charge in [0, 0.05) is 16.0 Å². The van der Waals surface area contributed by atoms with E-state index >= 15 is 0 Å². The first kappa shape index (κ1) is 14.9. The summed E-state index contributed by atoms with van der Waals surface area (Å²) >= 11 is 7.07. The molecule has 0 radical (unpaired) electrons. The number of nitrogens with one attached hydrogen (secondary N) is 1. The maximum Gasteiger partial charge on any atom is 0.242 e. The van der Waals surface area contributed by atoms with Crippen molar-refractivity contribution in [3.63, 3.8) is 0 Å². The molecule has 2 rings (SSSR count). The van der Waals surface area contributed by atoms with E-state index in [2.05, 4.69) is 33.4 Å². The van der Waals surface area contributed by atoms with Gasteiger partial charge >= 0.3 is 0 Å². The van der Waals surface area contributed by atoms with Crippen LogP contribution in [0.4, 0.5) is 0 Å². The van der Waals surface area contributed by atoms with Crippen molar-refractivity contribution in [3.05, 3.63) is 34.3 Å². The minimum atomic E-state index is -0.0299. The van der Waals surface area contributed by atoms with E-state index < -0.39 is 0 Å². The highest BCUT2D eigenvalue weighted by molar-refractivity contribution is 9.10. The molecule has 19 heavy (non-hydrogen) atoms. The maximum atomic E-state index is 11.8. The number of halogens is 1. The van der Waals surface area contributed by atoms with E-state index in [1.54, 1.807) is 6.21 Å². The molecule has 0 bridgehead atoms. The summed E-state index contributed by atoms with van der Waals surface area (Å²) in [5, 5.41) is 3.99. The van der Waals surface area contributed by atoms with Crippen LogP contribution in [0.25, 0.3) is 0 Å². The minimum absolute atomic E-state index is 0.0111. The summed E-state index contributed by atoms with van der Waals surface area (Å²) in [5.41, 5.74) is 3.55. The van der Waals surface area contributed by atoms with Gasteiger partial charge in [-0.1, -0.05) is 28.1 Å². The second-order valence-corrected chi connectivity index (χ2v) is 8.72. The van der Waals surface area contributed by atoms with Crippen LogP contribution in [-0.4, -0.2) is 27.7 Å². The van der Waals surface area contributed by atoms with Crippen LogP contribution >= 0.6 is 39.5 Å². The van der Waals surface area contributed by atoms with Crippen LogP contribution in [0.5, 0.6) is 0 Å². The first-order valence-corrected chi connectivity index (χ1v) is 8.69. The van der Waals surface area contributed by atoms with Crippen LogP contribution in [0, 0.1) is 0 Å². The second-order valence-electron chi connectivity index (χ2n) is 4.35. The van der Waals surface area contributed by atoms with Crippen LogP contribution in [0.3, 0.4) is 0 Å². The number of rotatable bonds is 4. The zero-order valence-electron chi connectivity index (χ0n) is 10.6. The molecule has 1 aromatic rings. The van der Waals surface area contributed by atoms with Gasteiger partial charge in [0.2, 0.25) is 5.91 Å². The summed E-state index contributed by atoms with van der Waals surface area (Å²) in [6.07, 6.45) is 2.15. The van der Waals surface area contributed by atoms with Gasteiger partial charge in [0.05, 0.1) is 16.7 Å². The number of hydrogen-bond donors (Lipinski definition) is 1. The number of hydrazone groups is 1. The topological polar surface area (TPSA) is 41.5 Å². The van der Waals surface area contributed by atoms with Crippen LogP contribution < -0.4 is 5.43 Å². The van der Waals surface area contributed by atoms with Crippen LogP contribution in [0.15, 0.2) is 33.8 Å². The molecule has 1 saturated heterocycles. The van der Waals surface area contributed by atoms with Crippen molar-refractivity contribution in [3.8, 4) is 0 Å². The van der Waals surface area contributed by atoms with Crippen molar-refractivity contribution >= 4 is 51.6 Å². The first-order chi connectivity index (χ1) is 9.07. The molecule has 6 heteroatoms. The molecule has 1 heterocycles. The van der Waals surface area contributed by atoms with E-state index in [1.807, 2.05) is 47.8 Å². The zero-order valence-corrected chi connectivity index (χ0v) is 13.8. The van der Waals surface area contributed by atoms with Gasteiger partial charge in [-0.05, 0) is 24.6 Å². The SMILES string of the molecule is CC1(CC(=O)N/N=C\c2ccc(Br)cc2)SCCS1. The fourth-order valence-corrected chi connectivity index (χ4v) is 4.81. The Morgan fingerprint density at radius 1 is 1.42 bits per heavy atom. The highest BCUT2D eigenvalue weighted by atomic mass is 79.9. The fraction of sp³-hybridized carbons (Fsp3) is 0.385. The van der Waals surface area contributed by atoms with E-state index in [4.69, 9.17) is 0 Å². The first-order valence-electron chi connectivity index (χ1n) is 5.93. The predicted molar refractivity (Wildman–Crippen MR) is 87.8 cm³/mol. The van der Waals surface area contributed by atoms with E-state index in [9.17, 15) is 4.79 Å². The quantitative estimate of drug-likeness (QED) is 0.661. The molecule has 3 nitrogen and oxygen atoms in total. The van der Waals surface area contributed by atoms with E-state index in [0.717, 1.165) is 21.5 Å². The molecule has 0 unspecified atom stereocenters. The third kappa shape index (κ3) is 4.85. The summed E-state index contributed by atoms with van der Waals surface area (Å²) in [5.74, 6) is 2.21. The monoisotopic (exact) mass is 358 g/mol. The van der Waals surface area contributed by atoms with Crippen molar-refractivity contribution < 1.29 is 4.79 Å². The van der Waals surface area contributed by atoms with Crippen LogP contribution in [-0.2, 0) is 4.79 Å². The number of nitrogens with zero attached hydrogens (tertiary/aromatic N) is 1. The summed E-state index contributed by atoms with van der Waals surface area (Å²) in [6, 6.07) is 7.75. The Hall–Kier alpha value is -0.460. The van der Waals surface area contributed by atoms with Gasteiger partial charge in [-0.25, -0.2) is 5.43 Å². The van der Waals surface area contributed by atoms with Gasteiger partial charge in [0.1, 0.15) is 0 Å². The lowest BCUT2D eigenvalue weighted by Gasteiger charge is -2.19. The van der Waals surface area contributed by atoms with Gasteiger partial charge in [-0.2, -0.15) is 5.10 Å². The lowest BCUT2D eigenvalue weighted by molar-refractivity contribution is -0.121. The van der Waals surface area contributed by atoms with Gasteiger partial charge in [-0.15, -0.1) is 23.5 Å². The van der Waals surface area contributed by atoms with Gasteiger partial charge in [0.25, 0.3) is 0 Å². The van der Waals surface area contributed by atoms with Crippen molar-refractivity contribution in [1.29, 1.82) is 0 Å². The molecule has 1 fully saturated rings. The number of thioether (sulfide) groups is 2. The van der Waals surface area contributed by atoms with Gasteiger partial charge < -0.3 is 0 Å². The lowest BCUT2D eigenvalue weighted by atomic mass is 10.2. The molecule has 0 atom stereocenters. The van der Waals surface area contributed by atoms with Crippen molar-refractivity contribution in [2.24, 2.45) is 5.10 Å². The van der Waals surface area contributed by atoms with Crippen molar-refractivity contribution in [2.75, 3.05) is 11.5 Å². The Balaban J connectivity index is 1.81. The molecule has 0 saturated carbocycles. The zero-order chi connectivity index (χ0) is 13.7. The second kappa shape index (κ2) is 6.81. The third-order valence-corrected chi connectivity index (χ3v) is 6.47. The normalized spacial score (nSPS) is 17.8. The Labute approximate surface area is 130 Å². The maximum absolute atomic E-state index is 11.8. The van der Waals surface area contributed by atoms with Crippen LogP contribution in [0.1, 0.15) is 18.9 Å². The third-order valence-electron chi connectivity index (χ3n) is 2.65. The molecule has 0 spiro atoms. The standard InChI is InChI=1S/C13H15BrN2OS2/c1-13(18-6-7-19-13)8-12(17)16-15-9-10-2-4-11(14)5-3-10/h2-5,9H,6-8H2,1H3,(H,16,17)/b15-9-. The fourth-order valence-electron chi connectivity index (χ4n) is 1.72. The van der Waals surface area contributed by atoms with E-state index in [-0.39, 0.29) is 9.99 Å². The highest BCUT2D eigenvalue weighted by Gasteiger charge is 2.32. The largest absolute Gasteiger partial charge is 0.273 e. The molecule has 1 aliphatic heterocycles. The molecule has 1 amide bonds. The lowest BCUT2D eigenvalue weighted by Crippen LogP contribution is -2.26. The van der Waals surface area contributed by atoms with Crippen molar-refractivity contribution in [1.82, 2.24) is 5.43 Å². The van der Waals surface area contributed by atoms with Crippen molar-refractivity contribution in [2.45, 2.75) is 17.4 Å². The Bertz CT molecular complexity index is 470. The number of amides is 1. The number of carbonyl (C=O) groups excluding carboxylic acids is 1. The summed E-state index contributed by atoms with van der Waals surface area (Å²) in [4.78, 5) is 11.8. The van der Waals surface area contributed by atoms with Gasteiger partial charge in [-0.3, -0.25) is 4.79 Å². The van der Waals surface area contributed by atoms with Gasteiger partial charge in [0.15, 0.2) is 0 Å². The van der Waals surface area contributed by atoms with E-state index in [1.165, 1.54) is 0 Å². The molecular formula is C13H15BrN2OS2. The average Bonchev–Trinajstić information content (AvgIpc) is 2.78. The molecule has 0 aromatic heterocycles. The number of carbonyl (C=O) groups is 1. The van der Waals surface area contributed by atoms with Crippen LogP contribution in [0.2, 0.25) is 0 Å². The molecular weight excluding hydrogens is 344 g/mol. The number of hydrogen-bond acceptors (Lipinski definition) is 4. The van der Waals surface area contributed by atoms with E-state index in [0.29, 0.717) is 6.42 Å². The Morgan fingerprint density at radius 2 is 2.05 bits per heavy atom. The smallest absolute Gasteiger partial charge is 0.242 e. The molecule has 0 aliphatic carbocycles. The minimum Gasteiger partial charge on any atom is -0.273 e. The molecule has 102 valence electrons. The molecule has 1 aliphatic rings. The molecule has 1 aromatic carbocycles. The Kier molecular flexibility index (Phi) is 5.36. The summed E-state index contributed by atoms with van der Waals surface area (Å²) < 4.78 is 1.04. The predicted octanol–water partition coefficient (Wildman–Crippen LogP) is 3.49. The summed E-state index contributed by atoms with van der Waals surface area (Å²) in [6.45, 7) is 2.12.